The summed E-state index contributed by atoms with van der Waals surface area (Å²) in [6.45, 7) is 0. The Hall–Kier alpha value is -4.39. The van der Waals surface area contributed by atoms with Crippen molar-refractivity contribution in [2.45, 2.75) is 6.04 Å². The molecule has 5 rings (SSSR count). The smallest absolute Gasteiger partial charge is 0.297 e. The second-order valence-corrected chi connectivity index (χ2v) is 8.29. The van der Waals surface area contributed by atoms with Crippen molar-refractivity contribution in [3.63, 3.8) is 0 Å². The van der Waals surface area contributed by atoms with Gasteiger partial charge in [-0.2, -0.15) is 0 Å². The second-order valence-electron chi connectivity index (χ2n) is 8.29. The lowest BCUT2D eigenvalue weighted by Gasteiger charge is -2.31. The first-order chi connectivity index (χ1) is 16.5. The topological polar surface area (TPSA) is 76.2 Å². The summed E-state index contributed by atoms with van der Waals surface area (Å²) >= 11 is 0. The first-order valence-corrected chi connectivity index (χ1v) is 11.0. The zero-order valence-electron chi connectivity index (χ0n) is 19.3. The summed E-state index contributed by atoms with van der Waals surface area (Å²) in [7, 11) is 5.37. The average Bonchev–Trinajstić information content (AvgIpc) is 3.20. The molecule has 0 saturated carbocycles. The van der Waals surface area contributed by atoms with Gasteiger partial charge in [0.25, 0.3) is 5.56 Å². The zero-order valence-corrected chi connectivity index (χ0v) is 19.3. The molecule has 0 bridgehead atoms. The molecule has 0 radical (unpaired) electrons. The van der Waals surface area contributed by atoms with Crippen molar-refractivity contribution in [3.8, 4) is 17.3 Å². The first-order valence-electron chi connectivity index (χ1n) is 11.0. The van der Waals surface area contributed by atoms with Gasteiger partial charge < -0.3 is 14.6 Å². The molecule has 0 fully saturated rings. The van der Waals surface area contributed by atoms with Gasteiger partial charge in [0, 0.05) is 21.1 Å². The number of benzene rings is 3. The standard InChI is InChI=1S/C27H25N5O2/c1-30-21-17-11-10-16-20(21)28-25(30)22-24(33)26(34)32(3)27(29-22)31(2)23(18-12-6-4-7-13-18)19-14-8-5-9-15-19/h4-17,23,33H,1-3H3. The van der Waals surface area contributed by atoms with Crippen molar-refractivity contribution in [1.29, 1.82) is 0 Å². The Labute approximate surface area is 197 Å². The van der Waals surface area contributed by atoms with Crippen LogP contribution in [0.15, 0.2) is 89.7 Å². The molecule has 0 amide bonds. The van der Waals surface area contributed by atoms with Gasteiger partial charge in [-0.3, -0.25) is 9.36 Å². The van der Waals surface area contributed by atoms with E-state index in [9.17, 15) is 9.90 Å². The number of aromatic nitrogens is 4. The maximum atomic E-state index is 13.1. The van der Waals surface area contributed by atoms with Crippen LogP contribution in [0.5, 0.6) is 5.75 Å². The highest BCUT2D eigenvalue weighted by Crippen LogP contribution is 2.33. The number of hydrogen-bond donors (Lipinski definition) is 1. The molecule has 0 aliphatic heterocycles. The molecule has 0 aliphatic carbocycles. The van der Waals surface area contributed by atoms with E-state index in [-0.39, 0.29) is 11.7 Å². The van der Waals surface area contributed by atoms with Crippen molar-refractivity contribution in [3.05, 3.63) is 106 Å². The van der Waals surface area contributed by atoms with Crippen molar-refractivity contribution in [1.82, 2.24) is 19.1 Å². The number of aromatic hydroxyl groups is 1. The minimum absolute atomic E-state index is 0.156. The van der Waals surface area contributed by atoms with Gasteiger partial charge in [0.15, 0.2) is 11.5 Å². The summed E-state index contributed by atoms with van der Waals surface area (Å²) in [6, 6.07) is 27.6. The zero-order chi connectivity index (χ0) is 23.8. The quantitative estimate of drug-likeness (QED) is 0.432. The second kappa shape index (κ2) is 8.51. The number of para-hydroxylation sites is 2. The summed E-state index contributed by atoms with van der Waals surface area (Å²) in [5.41, 5.74) is 3.40. The summed E-state index contributed by atoms with van der Waals surface area (Å²) in [5.74, 6) is 0.429. The monoisotopic (exact) mass is 451 g/mol. The van der Waals surface area contributed by atoms with Crippen molar-refractivity contribution in [2.75, 3.05) is 11.9 Å². The van der Waals surface area contributed by atoms with Crippen molar-refractivity contribution >= 4 is 17.0 Å². The molecule has 7 heteroatoms. The van der Waals surface area contributed by atoms with Crippen LogP contribution in [-0.2, 0) is 14.1 Å². The number of anilines is 1. The number of rotatable bonds is 5. The molecule has 3 aromatic carbocycles. The Morgan fingerprint density at radius 2 is 1.35 bits per heavy atom. The fourth-order valence-electron chi connectivity index (χ4n) is 4.43. The third kappa shape index (κ3) is 3.51. The molecule has 0 atom stereocenters. The lowest BCUT2D eigenvalue weighted by atomic mass is 9.97. The summed E-state index contributed by atoms with van der Waals surface area (Å²) in [5, 5.41) is 10.8. The van der Waals surface area contributed by atoms with Crippen LogP contribution in [0.1, 0.15) is 17.2 Å². The Kier molecular flexibility index (Phi) is 5.37. The number of hydrogen-bond acceptors (Lipinski definition) is 5. The van der Waals surface area contributed by atoms with Crippen molar-refractivity contribution < 1.29 is 5.11 Å². The van der Waals surface area contributed by atoms with Crippen LogP contribution in [0.2, 0.25) is 0 Å². The fourth-order valence-corrected chi connectivity index (χ4v) is 4.43. The van der Waals surface area contributed by atoms with Crippen LogP contribution in [0.25, 0.3) is 22.6 Å². The molecule has 5 aromatic rings. The van der Waals surface area contributed by atoms with Gasteiger partial charge in [0.1, 0.15) is 0 Å². The minimum Gasteiger partial charge on any atom is -0.501 e. The van der Waals surface area contributed by atoms with Crippen molar-refractivity contribution in [2.24, 2.45) is 14.1 Å². The predicted molar refractivity (Wildman–Crippen MR) is 134 cm³/mol. The van der Waals surface area contributed by atoms with E-state index in [1.54, 1.807) is 7.05 Å². The van der Waals surface area contributed by atoms with Gasteiger partial charge in [0.2, 0.25) is 11.7 Å². The van der Waals surface area contributed by atoms with E-state index in [1.165, 1.54) is 4.57 Å². The molecule has 0 spiro atoms. The molecule has 0 aliphatic rings. The van der Waals surface area contributed by atoms with E-state index in [0.29, 0.717) is 11.8 Å². The Balaban J connectivity index is 1.71. The highest BCUT2D eigenvalue weighted by atomic mass is 16.3. The van der Waals surface area contributed by atoms with Gasteiger partial charge in [-0.25, -0.2) is 9.97 Å². The Morgan fingerprint density at radius 1 is 0.794 bits per heavy atom. The molecule has 7 nitrogen and oxygen atoms in total. The van der Waals surface area contributed by atoms with Gasteiger partial charge in [-0.15, -0.1) is 0 Å². The van der Waals surface area contributed by atoms with E-state index in [0.717, 1.165) is 22.2 Å². The lowest BCUT2D eigenvalue weighted by Crippen LogP contribution is -2.32. The molecule has 170 valence electrons. The molecule has 0 unspecified atom stereocenters. The summed E-state index contributed by atoms with van der Waals surface area (Å²) in [6.07, 6.45) is 0. The van der Waals surface area contributed by atoms with Crippen LogP contribution < -0.4 is 10.5 Å². The third-order valence-electron chi connectivity index (χ3n) is 6.18. The number of aryl methyl sites for hydroxylation is 1. The highest BCUT2D eigenvalue weighted by Gasteiger charge is 2.26. The number of nitrogens with zero attached hydrogens (tertiary/aromatic N) is 5. The first kappa shape index (κ1) is 21.5. The third-order valence-corrected chi connectivity index (χ3v) is 6.18. The molecule has 2 heterocycles. The van der Waals surface area contributed by atoms with Crippen LogP contribution in [-0.4, -0.2) is 31.3 Å². The van der Waals surface area contributed by atoms with E-state index in [1.807, 2.05) is 84.2 Å². The molecular weight excluding hydrogens is 426 g/mol. The maximum Gasteiger partial charge on any atom is 0.297 e. The number of fused-ring (bicyclic) bond motifs is 1. The maximum absolute atomic E-state index is 13.1. The summed E-state index contributed by atoms with van der Waals surface area (Å²) < 4.78 is 3.22. The molecular formula is C27H25N5O2. The fraction of sp³-hybridized carbons (Fsp3) is 0.148. The summed E-state index contributed by atoms with van der Waals surface area (Å²) in [4.78, 5) is 24.5. The molecule has 1 N–H and O–H groups in total. The SMILES string of the molecule is CN(c1nc(-c2nc3ccccc3n2C)c(O)c(=O)n1C)C(c1ccccc1)c1ccccc1. The molecule has 34 heavy (non-hydrogen) atoms. The predicted octanol–water partition coefficient (Wildman–Crippen LogP) is 4.27. The van der Waals surface area contributed by atoms with Crippen LogP contribution >= 0.6 is 0 Å². The van der Waals surface area contributed by atoms with E-state index in [2.05, 4.69) is 29.2 Å². The van der Waals surface area contributed by atoms with Crippen LogP contribution in [0, 0.1) is 0 Å². The van der Waals surface area contributed by atoms with E-state index in [4.69, 9.17) is 4.98 Å². The normalized spacial score (nSPS) is 11.3. The molecule has 0 saturated heterocycles. The lowest BCUT2D eigenvalue weighted by molar-refractivity contribution is 0.458. The van der Waals surface area contributed by atoms with Gasteiger partial charge in [-0.1, -0.05) is 72.8 Å². The Morgan fingerprint density at radius 3 is 1.94 bits per heavy atom. The minimum atomic E-state index is -0.529. The Bertz CT molecular complexity index is 1480. The van der Waals surface area contributed by atoms with Crippen LogP contribution in [0.3, 0.4) is 0 Å². The van der Waals surface area contributed by atoms with Gasteiger partial charge >= 0.3 is 0 Å². The highest BCUT2D eigenvalue weighted by molar-refractivity contribution is 5.81. The average molecular weight is 452 g/mol. The molecule has 2 aromatic heterocycles. The van der Waals surface area contributed by atoms with Gasteiger partial charge in [0.05, 0.1) is 17.1 Å². The largest absolute Gasteiger partial charge is 0.501 e. The van der Waals surface area contributed by atoms with Crippen LogP contribution in [0.4, 0.5) is 5.95 Å². The van der Waals surface area contributed by atoms with E-state index >= 15 is 0 Å². The van der Waals surface area contributed by atoms with Gasteiger partial charge in [-0.05, 0) is 23.3 Å². The van der Waals surface area contributed by atoms with E-state index < -0.39 is 11.3 Å². The number of imidazole rings is 1.